The van der Waals surface area contributed by atoms with Gasteiger partial charge >= 0.3 is 12.1 Å². The summed E-state index contributed by atoms with van der Waals surface area (Å²) in [6.45, 7) is 4.27. The zero-order chi connectivity index (χ0) is 23.1. The molecule has 1 saturated carbocycles. The van der Waals surface area contributed by atoms with Crippen LogP contribution in [0.3, 0.4) is 0 Å². The number of aliphatic hydroxyl groups is 1. The number of halogens is 4. The van der Waals surface area contributed by atoms with E-state index in [1.807, 2.05) is 6.92 Å². The number of nitrogens with one attached hydrogen (secondary N) is 2. The Hall–Kier alpha value is -1.57. The summed E-state index contributed by atoms with van der Waals surface area (Å²) in [5.41, 5.74) is -3.09. The molecule has 0 aliphatic heterocycles. The molecule has 1 atom stereocenters. The van der Waals surface area contributed by atoms with Gasteiger partial charge in [-0.2, -0.15) is 13.2 Å². The van der Waals surface area contributed by atoms with Gasteiger partial charge in [0.15, 0.2) is 5.96 Å². The van der Waals surface area contributed by atoms with Gasteiger partial charge in [-0.15, -0.1) is 24.0 Å². The number of nitrogens with zero attached hydrogens (tertiary/aromatic N) is 3. The first-order valence-electron chi connectivity index (χ1n) is 10.6. The third-order valence-electron chi connectivity index (χ3n) is 5.44. The molecule has 0 saturated heterocycles. The number of guanidine groups is 1. The van der Waals surface area contributed by atoms with E-state index in [0.29, 0.717) is 32.0 Å². The standard InChI is InChI=1S/C20H32F3N5O3.HI/c1-4-24-18(27-15-8-6-14(7-9-15)16(29)31-5-2)26-11-10-19(30,20(21,22)23)17-25-12-13-28(17)3;/h12-15,30H,4-11H2,1-3H3,(H2,24,26,27);1H. The van der Waals surface area contributed by atoms with Gasteiger partial charge in [-0.05, 0) is 39.5 Å². The predicted molar refractivity (Wildman–Crippen MR) is 125 cm³/mol. The van der Waals surface area contributed by atoms with Crippen molar-refractivity contribution in [1.82, 2.24) is 20.2 Å². The zero-order valence-corrected chi connectivity index (χ0v) is 20.9. The third kappa shape index (κ3) is 7.22. The SMILES string of the molecule is CCNC(=NCCC(O)(c1nccn1C)C(F)(F)F)NC1CCC(C(=O)OCC)CC1.I. The fraction of sp³-hybridized carbons (Fsp3) is 0.750. The fourth-order valence-electron chi connectivity index (χ4n) is 3.72. The molecule has 1 fully saturated rings. The number of hydrogen-bond acceptors (Lipinski definition) is 5. The van der Waals surface area contributed by atoms with Crippen molar-refractivity contribution in [3.8, 4) is 0 Å². The van der Waals surface area contributed by atoms with Gasteiger partial charge in [0.2, 0.25) is 5.60 Å². The van der Waals surface area contributed by atoms with E-state index in [-0.39, 0.29) is 48.5 Å². The van der Waals surface area contributed by atoms with Crippen LogP contribution in [-0.4, -0.2) is 58.5 Å². The number of alkyl halides is 3. The molecule has 3 N–H and O–H groups in total. The van der Waals surface area contributed by atoms with Crippen molar-refractivity contribution in [2.45, 2.75) is 63.8 Å². The number of imidazole rings is 1. The van der Waals surface area contributed by atoms with Gasteiger partial charge in [0.25, 0.3) is 0 Å². The summed E-state index contributed by atoms with van der Waals surface area (Å²) in [7, 11) is 1.40. The van der Waals surface area contributed by atoms with E-state index in [4.69, 9.17) is 4.74 Å². The van der Waals surface area contributed by atoms with E-state index in [9.17, 15) is 23.1 Å². The quantitative estimate of drug-likeness (QED) is 0.191. The molecule has 2 rings (SSSR count). The van der Waals surface area contributed by atoms with E-state index in [0.717, 1.165) is 17.4 Å². The maximum absolute atomic E-state index is 13.6. The van der Waals surface area contributed by atoms with Crippen LogP contribution < -0.4 is 10.6 Å². The topological polar surface area (TPSA) is 101 Å². The number of carbonyl (C=O) groups is 1. The second-order valence-corrected chi connectivity index (χ2v) is 7.68. The maximum atomic E-state index is 13.6. The molecule has 1 aromatic rings. The first-order chi connectivity index (χ1) is 14.6. The van der Waals surface area contributed by atoms with Gasteiger partial charge in [-0.25, -0.2) is 4.98 Å². The van der Waals surface area contributed by atoms with Crippen LogP contribution in [0.15, 0.2) is 17.4 Å². The van der Waals surface area contributed by atoms with Crippen LogP contribution in [0.5, 0.6) is 0 Å². The smallest absolute Gasteiger partial charge is 0.424 e. The average molecular weight is 575 g/mol. The maximum Gasteiger partial charge on any atom is 0.424 e. The number of rotatable bonds is 8. The van der Waals surface area contributed by atoms with Gasteiger partial charge in [-0.3, -0.25) is 9.79 Å². The summed E-state index contributed by atoms with van der Waals surface area (Å²) < 4.78 is 47.1. The van der Waals surface area contributed by atoms with Gasteiger partial charge in [0.05, 0.1) is 12.5 Å². The highest BCUT2D eigenvalue weighted by Gasteiger charge is 2.57. The lowest BCUT2D eigenvalue weighted by Gasteiger charge is -2.30. The molecule has 0 amide bonds. The molecule has 184 valence electrons. The highest BCUT2D eigenvalue weighted by Crippen LogP contribution is 2.40. The molecule has 8 nitrogen and oxygen atoms in total. The van der Waals surface area contributed by atoms with Crippen LogP contribution in [0.1, 0.15) is 51.8 Å². The van der Waals surface area contributed by atoms with Crippen LogP contribution in [-0.2, 0) is 22.2 Å². The Balaban J connectivity index is 0.00000512. The fourth-order valence-corrected chi connectivity index (χ4v) is 3.72. The molecule has 0 bridgehead atoms. The molecule has 32 heavy (non-hydrogen) atoms. The van der Waals surface area contributed by atoms with E-state index < -0.39 is 24.0 Å². The lowest BCUT2D eigenvalue weighted by molar-refractivity contribution is -0.272. The van der Waals surface area contributed by atoms with Crippen LogP contribution in [0.2, 0.25) is 0 Å². The minimum Gasteiger partial charge on any atom is -0.466 e. The Labute approximate surface area is 203 Å². The minimum atomic E-state index is -4.89. The van der Waals surface area contributed by atoms with Gasteiger partial charge < -0.3 is 25.0 Å². The largest absolute Gasteiger partial charge is 0.466 e. The van der Waals surface area contributed by atoms with Crippen molar-refractivity contribution < 1.29 is 27.8 Å². The number of aromatic nitrogens is 2. The van der Waals surface area contributed by atoms with Gasteiger partial charge in [-0.1, -0.05) is 0 Å². The molecule has 1 heterocycles. The van der Waals surface area contributed by atoms with Gasteiger partial charge in [0.1, 0.15) is 5.82 Å². The first-order valence-corrected chi connectivity index (χ1v) is 10.6. The molecule has 12 heteroatoms. The number of hydrogen-bond donors (Lipinski definition) is 3. The van der Waals surface area contributed by atoms with Crippen molar-refractivity contribution in [2.24, 2.45) is 18.0 Å². The van der Waals surface area contributed by atoms with Gasteiger partial charge in [0, 0.05) is 45.0 Å². The Morgan fingerprint density at radius 2 is 1.97 bits per heavy atom. The molecule has 1 unspecified atom stereocenters. The summed E-state index contributed by atoms with van der Waals surface area (Å²) in [6, 6.07) is 0.0551. The molecule has 1 aromatic heterocycles. The monoisotopic (exact) mass is 575 g/mol. The molecule has 1 aliphatic rings. The number of carbonyl (C=O) groups excluding carboxylic acids is 1. The van der Waals surface area contributed by atoms with Crippen LogP contribution in [0, 0.1) is 5.92 Å². The van der Waals surface area contributed by atoms with E-state index in [1.165, 1.54) is 19.4 Å². The summed E-state index contributed by atoms with van der Waals surface area (Å²) in [5.74, 6) is -0.378. The molecular formula is C20H33F3IN5O3. The summed E-state index contributed by atoms with van der Waals surface area (Å²) >= 11 is 0. The minimum absolute atomic E-state index is 0. The molecule has 0 spiro atoms. The summed E-state index contributed by atoms with van der Waals surface area (Å²) in [5, 5.41) is 16.7. The van der Waals surface area contributed by atoms with E-state index >= 15 is 0 Å². The highest BCUT2D eigenvalue weighted by molar-refractivity contribution is 14.0. The van der Waals surface area contributed by atoms with Crippen molar-refractivity contribution in [3.63, 3.8) is 0 Å². The number of ether oxygens (including phenoxy) is 1. The number of esters is 1. The van der Waals surface area contributed by atoms with Crippen molar-refractivity contribution in [3.05, 3.63) is 18.2 Å². The summed E-state index contributed by atoms with van der Waals surface area (Å²) in [4.78, 5) is 19.8. The Morgan fingerprint density at radius 3 is 2.47 bits per heavy atom. The van der Waals surface area contributed by atoms with Crippen molar-refractivity contribution in [2.75, 3.05) is 19.7 Å². The van der Waals surface area contributed by atoms with Crippen LogP contribution in [0.4, 0.5) is 13.2 Å². The number of aryl methyl sites for hydroxylation is 1. The lowest BCUT2D eigenvalue weighted by Crippen LogP contribution is -2.47. The number of aliphatic imine (C=N–C) groups is 1. The molecule has 0 aromatic carbocycles. The second-order valence-electron chi connectivity index (χ2n) is 7.68. The molecule has 0 radical (unpaired) electrons. The normalized spacial score (nSPS) is 21.3. The van der Waals surface area contributed by atoms with Crippen LogP contribution >= 0.6 is 24.0 Å². The van der Waals surface area contributed by atoms with E-state index in [1.54, 1.807) is 6.92 Å². The Kier molecular flexibility index (Phi) is 11.2. The average Bonchev–Trinajstić information content (AvgIpc) is 3.14. The van der Waals surface area contributed by atoms with Crippen molar-refractivity contribution in [1.29, 1.82) is 0 Å². The second kappa shape index (κ2) is 12.6. The third-order valence-corrected chi connectivity index (χ3v) is 5.44. The van der Waals surface area contributed by atoms with Crippen LogP contribution in [0.25, 0.3) is 0 Å². The predicted octanol–water partition coefficient (Wildman–Crippen LogP) is 2.86. The Bertz CT molecular complexity index is 751. The molecular weight excluding hydrogens is 542 g/mol. The van der Waals surface area contributed by atoms with Crippen molar-refractivity contribution >= 4 is 35.9 Å². The lowest BCUT2D eigenvalue weighted by atomic mass is 9.86. The highest BCUT2D eigenvalue weighted by atomic mass is 127. The van der Waals surface area contributed by atoms with E-state index in [2.05, 4.69) is 20.6 Å². The summed E-state index contributed by atoms with van der Waals surface area (Å²) in [6.07, 6.45) is -0.152. The Morgan fingerprint density at radius 1 is 1.31 bits per heavy atom. The molecule has 1 aliphatic carbocycles. The zero-order valence-electron chi connectivity index (χ0n) is 18.6. The first kappa shape index (κ1) is 28.5.